The smallest absolute Gasteiger partial charge is 0.326 e. The minimum Gasteiger partial charge on any atom is -0.480 e. The summed E-state index contributed by atoms with van der Waals surface area (Å²) in [6, 6.07) is -3.86. The van der Waals surface area contributed by atoms with Crippen molar-refractivity contribution in [1.82, 2.24) is 16.0 Å². The first-order chi connectivity index (χ1) is 16.2. The first-order valence-electron chi connectivity index (χ1n) is 12.2. The van der Waals surface area contributed by atoms with Crippen molar-refractivity contribution in [2.45, 2.75) is 91.4 Å². The zero-order valence-electron chi connectivity index (χ0n) is 21.8. The molecule has 0 aliphatic rings. The Labute approximate surface area is 208 Å². The van der Waals surface area contributed by atoms with Crippen LogP contribution in [0.5, 0.6) is 0 Å². The number of aliphatic carboxylic acids is 1. The number of rotatable bonds is 16. The fourth-order valence-electron chi connectivity index (χ4n) is 3.26. The lowest BCUT2D eigenvalue weighted by molar-refractivity contribution is -0.144. The molecule has 0 spiro atoms. The van der Waals surface area contributed by atoms with Gasteiger partial charge in [0.05, 0.1) is 6.04 Å². The van der Waals surface area contributed by atoms with E-state index < -0.39 is 47.9 Å². The molecular formula is C23H45N7O5. The van der Waals surface area contributed by atoms with Crippen molar-refractivity contribution in [3.05, 3.63) is 0 Å². The summed E-state index contributed by atoms with van der Waals surface area (Å²) in [4.78, 5) is 54.2. The van der Waals surface area contributed by atoms with E-state index in [1.165, 1.54) is 0 Å². The number of hydrogen-bond donors (Lipinski definition) is 7. The van der Waals surface area contributed by atoms with Crippen molar-refractivity contribution in [2.75, 3.05) is 6.54 Å². The molecule has 0 bridgehead atoms. The maximum absolute atomic E-state index is 13.1. The second-order valence-corrected chi connectivity index (χ2v) is 9.68. The third kappa shape index (κ3) is 12.4. The highest BCUT2D eigenvalue weighted by Gasteiger charge is 2.32. The molecule has 0 aromatic heterocycles. The summed E-state index contributed by atoms with van der Waals surface area (Å²) in [5, 5.41) is 17.4. The standard InChI is InChI=1S/C23H45N7O5/c1-7-14(6)18(22(34)35)30-19(31)15(9-8-10-27-23(25)26)28-20(32)16(11-12(2)3)29-21(33)17(24)13(4)5/h12-18H,7-11,24H2,1-6H3,(H,28,32)(H,29,33)(H,30,31)(H,34,35)(H4,25,26,27). The SMILES string of the molecule is CCC(C)C(NC(=O)C(CCCN=C(N)N)NC(=O)C(CC(C)C)NC(=O)C(N)C(C)C)C(=O)O. The number of carboxylic acid groups (broad SMARTS) is 1. The van der Waals surface area contributed by atoms with Gasteiger partial charge in [0.2, 0.25) is 17.7 Å². The van der Waals surface area contributed by atoms with Crippen molar-refractivity contribution in [1.29, 1.82) is 0 Å². The highest BCUT2D eigenvalue weighted by molar-refractivity contribution is 5.94. The molecule has 0 heterocycles. The van der Waals surface area contributed by atoms with Gasteiger partial charge in [0.25, 0.3) is 0 Å². The molecule has 0 aliphatic heterocycles. The van der Waals surface area contributed by atoms with Crippen LogP contribution in [0.2, 0.25) is 0 Å². The quantitative estimate of drug-likeness (QED) is 0.0844. The molecule has 0 radical (unpaired) electrons. The third-order valence-corrected chi connectivity index (χ3v) is 5.72. The molecular weight excluding hydrogens is 454 g/mol. The van der Waals surface area contributed by atoms with E-state index in [4.69, 9.17) is 17.2 Å². The molecule has 3 amide bonds. The van der Waals surface area contributed by atoms with Crippen LogP contribution in [0.3, 0.4) is 0 Å². The number of hydrogen-bond acceptors (Lipinski definition) is 6. The molecule has 202 valence electrons. The van der Waals surface area contributed by atoms with Gasteiger partial charge in [0.1, 0.15) is 18.1 Å². The summed E-state index contributed by atoms with van der Waals surface area (Å²) in [7, 11) is 0. The van der Waals surface area contributed by atoms with Crippen LogP contribution >= 0.6 is 0 Å². The largest absolute Gasteiger partial charge is 0.480 e. The van der Waals surface area contributed by atoms with E-state index in [9.17, 15) is 24.3 Å². The lowest BCUT2D eigenvalue weighted by Gasteiger charge is -2.27. The molecule has 0 rings (SSSR count). The van der Waals surface area contributed by atoms with Crippen LogP contribution in [0.1, 0.15) is 67.2 Å². The molecule has 0 aliphatic carbocycles. The fourth-order valence-corrected chi connectivity index (χ4v) is 3.26. The van der Waals surface area contributed by atoms with Gasteiger partial charge in [-0.3, -0.25) is 19.4 Å². The molecule has 0 saturated heterocycles. The van der Waals surface area contributed by atoms with Crippen molar-refractivity contribution in [3.63, 3.8) is 0 Å². The Bertz CT molecular complexity index is 738. The minimum absolute atomic E-state index is 0.0669. The average molecular weight is 500 g/mol. The van der Waals surface area contributed by atoms with Crippen molar-refractivity contribution < 1.29 is 24.3 Å². The third-order valence-electron chi connectivity index (χ3n) is 5.72. The molecule has 35 heavy (non-hydrogen) atoms. The summed E-state index contributed by atoms with van der Waals surface area (Å²) in [5.74, 6) is -3.29. The van der Waals surface area contributed by atoms with E-state index in [0.29, 0.717) is 19.3 Å². The average Bonchev–Trinajstić information content (AvgIpc) is 2.76. The van der Waals surface area contributed by atoms with Crippen LogP contribution in [-0.4, -0.2) is 65.5 Å². The highest BCUT2D eigenvalue weighted by atomic mass is 16.4. The Hall–Kier alpha value is -2.89. The van der Waals surface area contributed by atoms with E-state index in [2.05, 4.69) is 20.9 Å². The predicted molar refractivity (Wildman–Crippen MR) is 135 cm³/mol. The Morgan fingerprint density at radius 1 is 0.886 bits per heavy atom. The van der Waals surface area contributed by atoms with Crippen LogP contribution in [-0.2, 0) is 19.2 Å². The number of aliphatic imine (C=N–C) groups is 1. The Balaban J connectivity index is 5.69. The van der Waals surface area contributed by atoms with Crippen LogP contribution in [0.4, 0.5) is 0 Å². The van der Waals surface area contributed by atoms with E-state index in [-0.39, 0.29) is 36.7 Å². The number of carbonyl (C=O) groups excluding carboxylic acids is 3. The molecule has 0 aromatic carbocycles. The van der Waals surface area contributed by atoms with Gasteiger partial charge in [-0.2, -0.15) is 0 Å². The number of carbonyl (C=O) groups is 4. The Morgan fingerprint density at radius 3 is 1.89 bits per heavy atom. The summed E-state index contributed by atoms with van der Waals surface area (Å²) in [6.07, 6.45) is 1.39. The molecule has 0 aromatic rings. The zero-order chi connectivity index (χ0) is 27.3. The first kappa shape index (κ1) is 32.1. The van der Waals surface area contributed by atoms with Gasteiger partial charge in [-0.1, -0.05) is 48.0 Å². The van der Waals surface area contributed by atoms with Gasteiger partial charge >= 0.3 is 5.97 Å². The van der Waals surface area contributed by atoms with Gasteiger partial charge in [0, 0.05) is 6.54 Å². The molecule has 5 atom stereocenters. The minimum atomic E-state index is -1.16. The Morgan fingerprint density at radius 2 is 1.43 bits per heavy atom. The predicted octanol–water partition coefficient (Wildman–Crippen LogP) is -0.345. The normalized spacial score (nSPS) is 15.5. The van der Waals surface area contributed by atoms with Gasteiger partial charge in [0.15, 0.2) is 5.96 Å². The fraction of sp³-hybridized carbons (Fsp3) is 0.783. The van der Waals surface area contributed by atoms with Crippen molar-refractivity contribution in [2.24, 2.45) is 39.9 Å². The second-order valence-electron chi connectivity index (χ2n) is 9.68. The molecule has 0 saturated carbocycles. The number of nitrogens with two attached hydrogens (primary N) is 3. The lowest BCUT2D eigenvalue weighted by atomic mass is 9.98. The summed E-state index contributed by atoms with van der Waals surface area (Å²) < 4.78 is 0. The molecule has 5 unspecified atom stereocenters. The number of carboxylic acids is 1. The van der Waals surface area contributed by atoms with Gasteiger partial charge < -0.3 is 38.3 Å². The van der Waals surface area contributed by atoms with E-state index in [1.54, 1.807) is 20.8 Å². The van der Waals surface area contributed by atoms with Crippen LogP contribution in [0.15, 0.2) is 4.99 Å². The lowest BCUT2D eigenvalue weighted by Crippen LogP contribution is -2.58. The van der Waals surface area contributed by atoms with Gasteiger partial charge in [-0.25, -0.2) is 4.79 Å². The number of nitrogens with one attached hydrogen (secondary N) is 3. The topological polar surface area (TPSA) is 215 Å². The highest BCUT2D eigenvalue weighted by Crippen LogP contribution is 2.11. The van der Waals surface area contributed by atoms with Crippen molar-refractivity contribution >= 4 is 29.7 Å². The van der Waals surface area contributed by atoms with Crippen LogP contribution in [0, 0.1) is 17.8 Å². The monoisotopic (exact) mass is 499 g/mol. The maximum Gasteiger partial charge on any atom is 0.326 e. The maximum atomic E-state index is 13.1. The summed E-state index contributed by atoms with van der Waals surface area (Å²) in [6.45, 7) is 11.2. The molecule has 0 fully saturated rings. The van der Waals surface area contributed by atoms with E-state index in [1.807, 2.05) is 20.8 Å². The van der Waals surface area contributed by atoms with Crippen LogP contribution < -0.4 is 33.2 Å². The summed E-state index contributed by atoms with van der Waals surface area (Å²) in [5.41, 5.74) is 16.6. The van der Waals surface area contributed by atoms with Gasteiger partial charge in [-0.15, -0.1) is 0 Å². The second kappa shape index (κ2) is 15.9. The van der Waals surface area contributed by atoms with E-state index in [0.717, 1.165) is 0 Å². The number of amides is 3. The first-order valence-corrected chi connectivity index (χ1v) is 12.2. The molecule has 12 heteroatoms. The number of guanidine groups is 1. The molecule has 12 nitrogen and oxygen atoms in total. The number of nitrogens with zero attached hydrogens (tertiary/aromatic N) is 1. The molecule has 10 N–H and O–H groups in total. The Kier molecular flexibility index (Phi) is 14.6. The summed E-state index contributed by atoms with van der Waals surface area (Å²) >= 11 is 0. The van der Waals surface area contributed by atoms with Crippen molar-refractivity contribution in [3.8, 4) is 0 Å². The van der Waals surface area contributed by atoms with E-state index >= 15 is 0 Å². The zero-order valence-corrected chi connectivity index (χ0v) is 21.8. The van der Waals surface area contributed by atoms with Crippen LogP contribution in [0.25, 0.3) is 0 Å². The van der Waals surface area contributed by atoms with Gasteiger partial charge in [-0.05, 0) is 37.0 Å².